The number of fused-ring (bicyclic) bond motifs is 1. The second-order valence-corrected chi connectivity index (χ2v) is 10.7. The lowest BCUT2D eigenvalue weighted by atomic mass is 9.96. The first-order valence-electron chi connectivity index (χ1n) is 14.0. The smallest absolute Gasteiger partial charge is 0.246 e. The van der Waals surface area contributed by atoms with Gasteiger partial charge >= 0.3 is 0 Å². The fraction of sp³-hybridized carbons (Fsp3) is 0.333. The molecule has 1 N–H and O–H groups in total. The van der Waals surface area contributed by atoms with Crippen molar-refractivity contribution in [3.05, 3.63) is 83.7 Å². The standard InChI is InChI=1S/C31H29N5O2.C2H6/c1-31(2,38)23-12-13-27(33-17-23)35-14-15-36(28(37)19-35)26-18-34-30-24(21-8-6-20(16-32)7-9-21)4-3-5-25(30)29(26)22-10-11-22;1-2/h3-9,12-13,17-18,22,38H,10-11,14-15,19H2,1-2H3;1-2H3. The minimum atomic E-state index is -0.956. The Kier molecular flexibility index (Phi) is 7.55. The quantitative estimate of drug-likeness (QED) is 0.331. The molecule has 0 unspecified atom stereocenters. The van der Waals surface area contributed by atoms with Crippen molar-refractivity contribution >= 4 is 28.3 Å². The van der Waals surface area contributed by atoms with E-state index in [1.807, 2.05) is 66.2 Å². The highest BCUT2D eigenvalue weighted by Crippen LogP contribution is 2.48. The topological polar surface area (TPSA) is 93.4 Å². The summed E-state index contributed by atoms with van der Waals surface area (Å²) in [7, 11) is 0. The van der Waals surface area contributed by atoms with Gasteiger partial charge in [0.1, 0.15) is 5.82 Å². The molecule has 7 nitrogen and oxygen atoms in total. The molecule has 1 amide bonds. The average molecular weight is 534 g/mol. The zero-order chi connectivity index (χ0) is 28.4. The van der Waals surface area contributed by atoms with Crippen molar-refractivity contribution in [2.24, 2.45) is 0 Å². The predicted molar refractivity (Wildman–Crippen MR) is 159 cm³/mol. The highest BCUT2D eigenvalue weighted by atomic mass is 16.3. The molecule has 2 aromatic carbocycles. The van der Waals surface area contributed by atoms with Crippen LogP contribution in [0.25, 0.3) is 22.0 Å². The number of aliphatic hydroxyl groups is 1. The number of aromatic nitrogens is 2. The maximum Gasteiger partial charge on any atom is 0.246 e. The van der Waals surface area contributed by atoms with Gasteiger partial charge in [0.05, 0.1) is 41.2 Å². The third-order valence-electron chi connectivity index (χ3n) is 7.52. The number of amides is 1. The Morgan fingerprint density at radius 3 is 2.33 bits per heavy atom. The average Bonchev–Trinajstić information content (AvgIpc) is 3.82. The van der Waals surface area contributed by atoms with Crippen LogP contribution in [0, 0.1) is 11.3 Å². The number of carbonyl (C=O) groups excluding carboxylic acids is 1. The highest BCUT2D eigenvalue weighted by molar-refractivity contribution is 6.03. The third kappa shape index (κ3) is 5.28. The van der Waals surface area contributed by atoms with Gasteiger partial charge in [0.25, 0.3) is 0 Å². The number of hydrogen-bond acceptors (Lipinski definition) is 6. The molecule has 6 rings (SSSR count). The largest absolute Gasteiger partial charge is 0.386 e. The summed E-state index contributed by atoms with van der Waals surface area (Å²) in [6.07, 6.45) is 5.76. The fourth-order valence-electron chi connectivity index (χ4n) is 5.27. The first-order chi connectivity index (χ1) is 19.3. The first-order valence-corrected chi connectivity index (χ1v) is 14.0. The minimum Gasteiger partial charge on any atom is -0.386 e. The Hall–Kier alpha value is -4.28. The summed E-state index contributed by atoms with van der Waals surface area (Å²) in [6.45, 7) is 8.91. The number of carbonyl (C=O) groups is 1. The van der Waals surface area contributed by atoms with Crippen molar-refractivity contribution in [2.75, 3.05) is 29.4 Å². The van der Waals surface area contributed by atoms with Crippen molar-refractivity contribution in [1.82, 2.24) is 9.97 Å². The van der Waals surface area contributed by atoms with Crippen LogP contribution in [0.5, 0.6) is 0 Å². The van der Waals surface area contributed by atoms with Crippen molar-refractivity contribution in [2.45, 2.75) is 52.1 Å². The summed E-state index contributed by atoms with van der Waals surface area (Å²) in [5.74, 6) is 1.18. The number of nitrogens with zero attached hydrogens (tertiary/aromatic N) is 5. The SMILES string of the molecule is CC.CC(C)(O)c1ccc(N2CCN(c3cnc4c(-c5ccc(C#N)cc5)cccc4c3C3CC3)C(=O)C2)nc1. The van der Waals surface area contributed by atoms with Gasteiger partial charge in [0.15, 0.2) is 0 Å². The van der Waals surface area contributed by atoms with Gasteiger partial charge in [-0.05, 0) is 61.9 Å². The van der Waals surface area contributed by atoms with E-state index in [1.165, 1.54) is 5.56 Å². The molecule has 0 radical (unpaired) electrons. The van der Waals surface area contributed by atoms with Crippen LogP contribution in [-0.4, -0.2) is 40.6 Å². The number of rotatable bonds is 5. The Labute approximate surface area is 235 Å². The third-order valence-corrected chi connectivity index (χ3v) is 7.52. The Bertz CT molecular complexity index is 1560. The van der Waals surface area contributed by atoms with Crippen molar-refractivity contribution < 1.29 is 9.90 Å². The molecule has 40 heavy (non-hydrogen) atoms. The summed E-state index contributed by atoms with van der Waals surface area (Å²) in [5, 5.41) is 20.5. The van der Waals surface area contributed by atoms with E-state index in [9.17, 15) is 9.90 Å². The van der Waals surface area contributed by atoms with Gasteiger partial charge in [-0.1, -0.05) is 50.2 Å². The van der Waals surface area contributed by atoms with Crippen molar-refractivity contribution in [3.8, 4) is 17.2 Å². The van der Waals surface area contributed by atoms with Crippen LogP contribution in [0.15, 0.2) is 67.0 Å². The summed E-state index contributed by atoms with van der Waals surface area (Å²) < 4.78 is 0. The van der Waals surface area contributed by atoms with Crippen LogP contribution < -0.4 is 9.80 Å². The number of benzene rings is 2. The number of pyridine rings is 2. The van der Waals surface area contributed by atoms with Gasteiger partial charge in [0.2, 0.25) is 5.91 Å². The molecule has 0 bridgehead atoms. The summed E-state index contributed by atoms with van der Waals surface area (Å²) in [4.78, 5) is 26.7. The molecular weight excluding hydrogens is 498 g/mol. The van der Waals surface area contributed by atoms with E-state index in [0.717, 1.165) is 51.9 Å². The molecule has 2 fully saturated rings. The van der Waals surface area contributed by atoms with Gasteiger partial charge in [0, 0.05) is 35.8 Å². The molecule has 2 aliphatic rings. The van der Waals surface area contributed by atoms with E-state index in [-0.39, 0.29) is 12.5 Å². The molecule has 1 aliphatic heterocycles. The number of nitriles is 1. The van der Waals surface area contributed by atoms with E-state index >= 15 is 0 Å². The molecule has 0 atom stereocenters. The highest BCUT2D eigenvalue weighted by Gasteiger charge is 2.34. The van der Waals surface area contributed by atoms with Crippen LogP contribution in [0.4, 0.5) is 11.5 Å². The fourth-order valence-corrected chi connectivity index (χ4v) is 5.27. The molecular formula is C33H35N5O2. The van der Waals surface area contributed by atoms with Crippen molar-refractivity contribution in [1.29, 1.82) is 5.26 Å². The maximum atomic E-state index is 13.4. The lowest BCUT2D eigenvalue weighted by Gasteiger charge is -2.36. The maximum absolute atomic E-state index is 13.4. The van der Waals surface area contributed by atoms with Crippen LogP contribution in [0.1, 0.15) is 63.1 Å². The molecule has 204 valence electrons. The molecule has 0 spiro atoms. The molecule has 1 saturated carbocycles. The molecule has 1 aliphatic carbocycles. The number of para-hydroxylation sites is 1. The van der Waals surface area contributed by atoms with Crippen LogP contribution in [-0.2, 0) is 10.4 Å². The Morgan fingerprint density at radius 2 is 1.73 bits per heavy atom. The summed E-state index contributed by atoms with van der Waals surface area (Å²) in [5.41, 5.74) is 5.49. The summed E-state index contributed by atoms with van der Waals surface area (Å²) in [6, 6.07) is 19.7. The molecule has 4 aromatic rings. The van der Waals surface area contributed by atoms with E-state index in [2.05, 4.69) is 29.3 Å². The van der Waals surface area contributed by atoms with Crippen molar-refractivity contribution in [3.63, 3.8) is 0 Å². The number of anilines is 2. The van der Waals surface area contributed by atoms with Gasteiger partial charge < -0.3 is 14.9 Å². The zero-order valence-corrected chi connectivity index (χ0v) is 23.6. The molecule has 1 saturated heterocycles. The van der Waals surface area contributed by atoms with Crippen LogP contribution in [0.2, 0.25) is 0 Å². The Morgan fingerprint density at radius 1 is 0.975 bits per heavy atom. The summed E-state index contributed by atoms with van der Waals surface area (Å²) >= 11 is 0. The van der Waals surface area contributed by atoms with E-state index < -0.39 is 5.60 Å². The van der Waals surface area contributed by atoms with E-state index in [1.54, 1.807) is 20.0 Å². The number of hydrogen-bond donors (Lipinski definition) is 1. The van der Waals surface area contributed by atoms with Gasteiger partial charge in [-0.25, -0.2) is 4.98 Å². The zero-order valence-electron chi connectivity index (χ0n) is 23.6. The van der Waals surface area contributed by atoms with E-state index in [4.69, 9.17) is 10.2 Å². The van der Waals surface area contributed by atoms with Crippen LogP contribution in [0.3, 0.4) is 0 Å². The van der Waals surface area contributed by atoms with Gasteiger partial charge in [-0.15, -0.1) is 0 Å². The monoisotopic (exact) mass is 533 g/mol. The van der Waals surface area contributed by atoms with E-state index in [0.29, 0.717) is 24.6 Å². The molecule has 3 heterocycles. The minimum absolute atomic E-state index is 0.0240. The lowest BCUT2D eigenvalue weighted by Crippen LogP contribution is -2.51. The first kappa shape index (κ1) is 27.3. The number of piperazine rings is 1. The van der Waals surface area contributed by atoms with Gasteiger partial charge in [-0.3, -0.25) is 9.78 Å². The second kappa shape index (κ2) is 11.1. The van der Waals surface area contributed by atoms with Crippen LogP contribution >= 0.6 is 0 Å². The van der Waals surface area contributed by atoms with Gasteiger partial charge in [-0.2, -0.15) is 5.26 Å². The lowest BCUT2D eigenvalue weighted by molar-refractivity contribution is -0.117. The predicted octanol–water partition coefficient (Wildman–Crippen LogP) is 6.15. The molecule has 2 aromatic heterocycles. The second-order valence-electron chi connectivity index (χ2n) is 10.7. The molecule has 7 heteroatoms. The Balaban J connectivity index is 0.00000158. The normalized spacial score (nSPS) is 15.4.